The van der Waals surface area contributed by atoms with Gasteiger partial charge in [-0.05, 0) is 32.3 Å². The van der Waals surface area contributed by atoms with Crippen LogP contribution in [0.1, 0.15) is 49.7 Å². The summed E-state index contributed by atoms with van der Waals surface area (Å²) in [5.41, 5.74) is 7.77. The molecule has 0 heterocycles. The fourth-order valence-electron chi connectivity index (χ4n) is 3.39. The summed E-state index contributed by atoms with van der Waals surface area (Å²) < 4.78 is 4.90. The first kappa shape index (κ1) is 21.5. The molecule has 0 spiro atoms. The highest BCUT2D eigenvalue weighted by Gasteiger charge is 2.38. The molecule has 2 rings (SSSR count). The summed E-state index contributed by atoms with van der Waals surface area (Å²) in [6.07, 6.45) is 3.73. The molecule has 1 amide bonds. The van der Waals surface area contributed by atoms with E-state index >= 15 is 0 Å². The molecule has 1 aliphatic carbocycles. The third kappa shape index (κ3) is 5.44. The Morgan fingerprint density at radius 2 is 1.96 bits per heavy atom. The summed E-state index contributed by atoms with van der Waals surface area (Å²) in [6.45, 7) is 4.15. The summed E-state index contributed by atoms with van der Waals surface area (Å²) in [5, 5.41) is 2.92. The molecule has 1 aromatic rings. The van der Waals surface area contributed by atoms with Gasteiger partial charge in [0.25, 0.3) is 0 Å². The predicted molar refractivity (Wildman–Crippen MR) is 101 cm³/mol. The van der Waals surface area contributed by atoms with E-state index in [4.69, 9.17) is 10.5 Å². The van der Waals surface area contributed by atoms with Crippen molar-refractivity contribution in [3.63, 3.8) is 0 Å². The van der Waals surface area contributed by atoms with Crippen molar-refractivity contribution >= 4 is 24.3 Å². The molecule has 3 N–H and O–H groups in total. The number of nitrogens with one attached hydrogen (secondary N) is 1. The van der Waals surface area contributed by atoms with Gasteiger partial charge in [-0.25, -0.2) is 0 Å². The van der Waals surface area contributed by atoms with Gasteiger partial charge < -0.3 is 15.8 Å². The van der Waals surface area contributed by atoms with Crippen LogP contribution >= 0.6 is 12.4 Å². The number of aryl methyl sites for hydroxylation is 1. The number of hydrogen-bond donors (Lipinski definition) is 2. The molecule has 3 atom stereocenters. The number of esters is 1. The first-order valence-corrected chi connectivity index (χ1v) is 8.56. The molecule has 0 aliphatic heterocycles. The zero-order valence-electron chi connectivity index (χ0n) is 15.2. The van der Waals surface area contributed by atoms with Gasteiger partial charge >= 0.3 is 5.97 Å². The van der Waals surface area contributed by atoms with Crippen molar-refractivity contribution in [1.29, 1.82) is 0 Å². The van der Waals surface area contributed by atoms with Crippen molar-refractivity contribution in [1.82, 2.24) is 5.32 Å². The molecule has 0 radical (unpaired) electrons. The van der Waals surface area contributed by atoms with Gasteiger partial charge in [-0.1, -0.05) is 42.7 Å². The first-order chi connectivity index (χ1) is 11.3. The number of benzene rings is 1. The average Bonchev–Trinajstić information content (AvgIpc) is 2.55. The summed E-state index contributed by atoms with van der Waals surface area (Å²) in [7, 11) is 1.36. The van der Waals surface area contributed by atoms with Crippen LogP contribution < -0.4 is 11.1 Å². The molecule has 5 nitrogen and oxygen atoms in total. The number of methoxy groups -OCH3 is 1. The molecule has 140 valence electrons. The molecule has 1 fully saturated rings. The quantitative estimate of drug-likeness (QED) is 0.783. The molecule has 3 unspecified atom stereocenters. The van der Waals surface area contributed by atoms with E-state index in [0.717, 1.165) is 36.8 Å². The third-order valence-corrected chi connectivity index (χ3v) is 5.02. The highest BCUT2D eigenvalue weighted by Crippen LogP contribution is 2.31. The second kappa shape index (κ2) is 9.20. The SMILES string of the molecule is COC(=O)C(CNC(=O)C1CCCCC1(C)N)c1ccc(C)cc1.Cl. The first-order valence-electron chi connectivity index (χ1n) is 8.56. The Balaban J connectivity index is 0.00000312. The normalized spacial score (nSPS) is 23.9. The number of amides is 1. The second-order valence-corrected chi connectivity index (χ2v) is 7.04. The minimum atomic E-state index is -0.507. The lowest BCUT2D eigenvalue weighted by Crippen LogP contribution is -2.53. The van der Waals surface area contributed by atoms with Gasteiger partial charge in [-0.3, -0.25) is 9.59 Å². The van der Waals surface area contributed by atoms with Crippen LogP contribution in [0.2, 0.25) is 0 Å². The standard InChI is InChI=1S/C19H28N2O3.ClH/c1-13-7-9-14(10-8-13)15(18(23)24-3)12-21-17(22)16-6-4-5-11-19(16,2)20;/h7-10,15-16H,4-6,11-12,20H2,1-3H3,(H,21,22);1H. The van der Waals surface area contributed by atoms with Crippen LogP contribution in [0, 0.1) is 12.8 Å². The Bertz CT molecular complexity index is 587. The van der Waals surface area contributed by atoms with Gasteiger partial charge in [0.15, 0.2) is 0 Å². The number of halogens is 1. The second-order valence-electron chi connectivity index (χ2n) is 7.04. The number of ether oxygens (including phenoxy) is 1. The average molecular weight is 369 g/mol. The Morgan fingerprint density at radius 3 is 2.52 bits per heavy atom. The largest absolute Gasteiger partial charge is 0.468 e. The third-order valence-electron chi connectivity index (χ3n) is 5.02. The molecule has 1 aromatic carbocycles. The monoisotopic (exact) mass is 368 g/mol. The number of carbonyl (C=O) groups excluding carboxylic acids is 2. The summed E-state index contributed by atoms with van der Waals surface area (Å²) in [6, 6.07) is 7.70. The van der Waals surface area contributed by atoms with E-state index < -0.39 is 11.5 Å². The number of carbonyl (C=O) groups is 2. The van der Waals surface area contributed by atoms with Crippen LogP contribution in [0.4, 0.5) is 0 Å². The van der Waals surface area contributed by atoms with Crippen molar-refractivity contribution in [2.24, 2.45) is 11.7 Å². The van der Waals surface area contributed by atoms with Crippen molar-refractivity contribution in [3.05, 3.63) is 35.4 Å². The maximum atomic E-state index is 12.6. The van der Waals surface area contributed by atoms with Crippen LogP contribution in [0.25, 0.3) is 0 Å². The molecule has 1 aliphatic rings. The van der Waals surface area contributed by atoms with E-state index in [1.165, 1.54) is 7.11 Å². The van der Waals surface area contributed by atoms with Gasteiger partial charge in [-0.15, -0.1) is 12.4 Å². The lowest BCUT2D eigenvalue weighted by molar-refractivity contribution is -0.142. The Morgan fingerprint density at radius 1 is 1.32 bits per heavy atom. The topological polar surface area (TPSA) is 81.4 Å². The summed E-state index contributed by atoms with van der Waals surface area (Å²) >= 11 is 0. The van der Waals surface area contributed by atoms with Gasteiger partial charge in [0.1, 0.15) is 0 Å². The van der Waals surface area contributed by atoms with E-state index in [9.17, 15) is 9.59 Å². The number of hydrogen-bond acceptors (Lipinski definition) is 4. The molecule has 25 heavy (non-hydrogen) atoms. The zero-order valence-corrected chi connectivity index (χ0v) is 16.0. The van der Waals surface area contributed by atoms with Gasteiger partial charge in [0, 0.05) is 12.1 Å². The molecule has 1 saturated carbocycles. The fraction of sp³-hybridized carbons (Fsp3) is 0.579. The Kier molecular flexibility index (Phi) is 7.90. The van der Waals surface area contributed by atoms with Crippen LogP contribution in [-0.2, 0) is 14.3 Å². The van der Waals surface area contributed by atoms with E-state index in [-0.39, 0.29) is 36.7 Å². The molecular formula is C19H29ClN2O3. The minimum absolute atomic E-state index is 0. The lowest BCUT2D eigenvalue weighted by Gasteiger charge is -2.37. The number of rotatable bonds is 5. The minimum Gasteiger partial charge on any atom is -0.468 e. The van der Waals surface area contributed by atoms with E-state index in [0.29, 0.717) is 0 Å². The van der Waals surface area contributed by atoms with E-state index in [1.807, 2.05) is 38.1 Å². The van der Waals surface area contributed by atoms with Gasteiger partial charge in [0.2, 0.25) is 5.91 Å². The van der Waals surface area contributed by atoms with Crippen molar-refractivity contribution < 1.29 is 14.3 Å². The molecule has 0 saturated heterocycles. The highest BCUT2D eigenvalue weighted by molar-refractivity contribution is 5.85. The maximum Gasteiger partial charge on any atom is 0.314 e. The molecule has 0 bridgehead atoms. The van der Waals surface area contributed by atoms with Crippen molar-refractivity contribution in [2.75, 3.05) is 13.7 Å². The lowest BCUT2D eigenvalue weighted by atomic mass is 9.74. The van der Waals surface area contributed by atoms with Crippen LogP contribution in [0.15, 0.2) is 24.3 Å². The molecule has 6 heteroatoms. The summed E-state index contributed by atoms with van der Waals surface area (Å²) in [5.74, 6) is -1.13. The zero-order chi connectivity index (χ0) is 17.7. The Labute approximate surface area is 156 Å². The smallest absolute Gasteiger partial charge is 0.314 e. The maximum absolute atomic E-state index is 12.6. The van der Waals surface area contributed by atoms with Crippen LogP contribution in [-0.4, -0.2) is 31.1 Å². The van der Waals surface area contributed by atoms with Crippen molar-refractivity contribution in [2.45, 2.75) is 51.0 Å². The fourth-order valence-corrected chi connectivity index (χ4v) is 3.39. The highest BCUT2D eigenvalue weighted by atomic mass is 35.5. The molecule has 0 aromatic heterocycles. The van der Waals surface area contributed by atoms with Crippen LogP contribution in [0.5, 0.6) is 0 Å². The van der Waals surface area contributed by atoms with Gasteiger partial charge in [0.05, 0.1) is 18.9 Å². The summed E-state index contributed by atoms with van der Waals surface area (Å²) in [4.78, 5) is 24.7. The van der Waals surface area contributed by atoms with Crippen LogP contribution in [0.3, 0.4) is 0 Å². The molecular weight excluding hydrogens is 340 g/mol. The van der Waals surface area contributed by atoms with E-state index in [1.54, 1.807) is 0 Å². The predicted octanol–water partition coefficient (Wildman–Crippen LogP) is 2.70. The Hall–Kier alpha value is -1.59. The van der Waals surface area contributed by atoms with Crippen molar-refractivity contribution in [3.8, 4) is 0 Å². The van der Waals surface area contributed by atoms with E-state index in [2.05, 4.69) is 5.32 Å². The van der Waals surface area contributed by atoms with Gasteiger partial charge in [-0.2, -0.15) is 0 Å². The number of nitrogens with two attached hydrogens (primary N) is 1.